The van der Waals surface area contributed by atoms with Crippen LogP contribution in [0.2, 0.25) is 0 Å². The van der Waals surface area contributed by atoms with E-state index >= 15 is 0 Å². The molecule has 8 heteroatoms. The highest BCUT2D eigenvalue weighted by Crippen LogP contribution is 2.30. The average Bonchev–Trinajstić information content (AvgIpc) is 3.03. The zero-order chi connectivity index (χ0) is 17.8. The molecule has 2 aromatic carbocycles. The first-order valence-electron chi connectivity index (χ1n) is 7.30. The maximum atomic E-state index is 11.5. The van der Waals surface area contributed by atoms with Gasteiger partial charge in [-0.1, -0.05) is 11.8 Å². The summed E-state index contributed by atoms with van der Waals surface area (Å²) in [6, 6.07) is 12.9. The second-order valence-corrected chi connectivity index (χ2v) is 6.15. The zero-order valence-electron chi connectivity index (χ0n) is 13.5. The predicted octanol–water partition coefficient (Wildman–Crippen LogP) is 3.68. The van der Waals surface area contributed by atoms with Gasteiger partial charge in [0.25, 0.3) is 0 Å². The average molecular weight is 357 g/mol. The molecule has 3 rings (SSSR count). The molecule has 128 valence electrons. The summed E-state index contributed by atoms with van der Waals surface area (Å²) in [5.41, 5.74) is 2.04. The van der Waals surface area contributed by atoms with E-state index in [1.165, 1.54) is 14.2 Å². The lowest BCUT2D eigenvalue weighted by Crippen LogP contribution is -2.11. The Labute approximate surface area is 147 Å². The number of imidazole rings is 1. The minimum atomic E-state index is -0.584. The maximum absolute atomic E-state index is 11.5. The van der Waals surface area contributed by atoms with Gasteiger partial charge in [0, 0.05) is 9.79 Å². The van der Waals surface area contributed by atoms with Gasteiger partial charge in [-0.2, -0.15) is 0 Å². The number of fused-ring (bicyclic) bond motifs is 1. The van der Waals surface area contributed by atoms with Gasteiger partial charge in [0.2, 0.25) is 5.95 Å². The molecule has 1 amide bonds. The zero-order valence-corrected chi connectivity index (χ0v) is 14.3. The molecule has 2 N–H and O–H groups in total. The van der Waals surface area contributed by atoms with Crippen LogP contribution < -0.4 is 5.32 Å². The van der Waals surface area contributed by atoms with Crippen molar-refractivity contribution < 1.29 is 19.1 Å². The molecule has 7 nitrogen and oxygen atoms in total. The van der Waals surface area contributed by atoms with Crippen LogP contribution in [0.4, 0.5) is 10.7 Å². The number of anilines is 1. The van der Waals surface area contributed by atoms with Gasteiger partial charge < -0.3 is 14.5 Å². The third kappa shape index (κ3) is 3.92. The quantitative estimate of drug-likeness (QED) is 0.692. The fourth-order valence-corrected chi connectivity index (χ4v) is 3.03. The summed E-state index contributed by atoms with van der Waals surface area (Å²) in [5, 5.41) is 2.49. The van der Waals surface area contributed by atoms with E-state index in [2.05, 4.69) is 24.8 Å². The number of benzene rings is 2. The number of esters is 1. The molecule has 0 aliphatic heterocycles. The van der Waals surface area contributed by atoms with E-state index in [9.17, 15) is 9.59 Å². The van der Waals surface area contributed by atoms with E-state index in [0.29, 0.717) is 11.5 Å². The topological polar surface area (TPSA) is 93.3 Å². The second-order valence-electron chi connectivity index (χ2n) is 5.00. The number of hydrogen-bond acceptors (Lipinski definition) is 6. The summed E-state index contributed by atoms with van der Waals surface area (Å²) in [5.74, 6) is -0.0347. The number of hydrogen-bond donors (Lipinski definition) is 2. The van der Waals surface area contributed by atoms with Crippen molar-refractivity contribution in [3.8, 4) is 0 Å². The van der Waals surface area contributed by atoms with Crippen LogP contribution in [0.5, 0.6) is 0 Å². The molecule has 0 bridgehead atoms. The number of ether oxygens (including phenoxy) is 2. The van der Waals surface area contributed by atoms with Crippen molar-refractivity contribution in [2.45, 2.75) is 9.79 Å². The van der Waals surface area contributed by atoms with Gasteiger partial charge in [-0.05, 0) is 42.5 Å². The fraction of sp³-hybridized carbons (Fsp3) is 0.118. The van der Waals surface area contributed by atoms with Gasteiger partial charge in [-0.15, -0.1) is 0 Å². The second kappa shape index (κ2) is 7.27. The number of carbonyl (C=O) groups is 2. The number of rotatable bonds is 4. The maximum Gasteiger partial charge on any atom is 0.413 e. The summed E-state index contributed by atoms with van der Waals surface area (Å²) in [7, 11) is 2.64. The lowest BCUT2D eigenvalue weighted by molar-refractivity contribution is 0.0600. The van der Waals surface area contributed by atoms with E-state index in [1.807, 2.05) is 30.3 Å². The SMILES string of the molecule is COC(=O)Nc1nc2ccc(Sc3ccc(C(=O)OC)cc3)cc2[nH]1. The van der Waals surface area contributed by atoms with E-state index < -0.39 is 6.09 Å². The number of aromatic nitrogens is 2. The monoisotopic (exact) mass is 357 g/mol. The van der Waals surface area contributed by atoms with Crippen LogP contribution >= 0.6 is 11.8 Å². The summed E-state index contributed by atoms with van der Waals surface area (Å²) in [6.07, 6.45) is -0.584. The van der Waals surface area contributed by atoms with Gasteiger partial charge in [0.05, 0.1) is 30.8 Å². The summed E-state index contributed by atoms with van der Waals surface area (Å²) < 4.78 is 9.23. The smallest absolute Gasteiger partial charge is 0.413 e. The van der Waals surface area contributed by atoms with E-state index in [-0.39, 0.29) is 5.97 Å². The van der Waals surface area contributed by atoms with Crippen LogP contribution in [-0.2, 0) is 9.47 Å². The van der Waals surface area contributed by atoms with Gasteiger partial charge in [-0.3, -0.25) is 5.32 Å². The third-order valence-electron chi connectivity index (χ3n) is 3.37. The molecule has 1 heterocycles. The number of nitrogens with one attached hydrogen (secondary N) is 2. The van der Waals surface area contributed by atoms with Crippen molar-refractivity contribution in [1.29, 1.82) is 0 Å². The van der Waals surface area contributed by atoms with Gasteiger partial charge in [0.1, 0.15) is 0 Å². The van der Waals surface area contributed by atoms with Gasteiger partial charge in [-0.25, -0.2) is 14.6 Å². The molecule has 0 atom stereocenters. The molecule has 0 spiro atoms. The molecule has 0 saturated heterocycles. The molecule has 25 heavy (non-hydrogen) atoms. The Morgan fingerprint density at radius 3 is 2.44 bits per heavy atom. The lowest BCUT2D eigenvalue weighted by Gasteiger charge is -2.03. The Hall–Kier alpha value is -3.00. The number of nitrogens with zero attached hydrogens (tertiary/aromatic N) is 1. The molecule has 0 aliphatic rings. The molecule has 3 aromatic rings. The Balaban J connectivity index is 1.77. The van der Waals surface area contributed by atoms with Crippen molar-refractivity contribution in [3.63, 3.8) is 0 Å². The third-order valence-corrected chi connectivity index (χ3v) is 4.37. The van der Waals surface area contributed by atoms with Crippen LogP contribution in [0.15, 0.2) is 52.3 Å². The first-order chi connectivity index (χ1) is 12.1. The largest absolute Gasteiger partial charge is 0.465 e. The Morgan fingerprint density at radius 1 is 1.04 bits per heavy atom. The van der Waals surface area contributed by atoms with E-state index in [4.69, 9.17) is 0 Å². The molecule has 1 aromatic heterocycles. The minimum Gasteiger partial charge on any atom is -0.465 e. The highest BCUT2D eigenvalue weighted by atomic mass is 32.2. The van der Waals surface area contributed by atoms with Crippen molar-refractivity contribution >= 4 is 40.8 Å². The van der Waals surface area contributed by atoms with Gasteiger partial charge in [0.15, 0.2) is 0 Å². The highest BCUT2D eigenvalue weighted by molar-refractivity contribution is 7.99. The molecule has 0 unspecified atom stereocenters. The Bertz CT molecular complexity index is 921. The van der Waals surface area contributed by atoms with Crippen LogP contribution in [0.1, 0.15) is 10.4 Å². The van der Waals surface area contributed by atoms with E-state index in [0.717, 1.165) is 20.8 Å². The number of amides is 1. The van der Waals surface area contributed by atoms with Crippen LogP contribution in [-0.4, -0.2) is 36.3 Å². The summed E-state index contributed by atoms with van der Waals surface area (Å²) >= 11 is 1.55. The molecular weight excluding hydrogens is 342 g/mol. The van der Waals surface area contributed by atoms with Crippen molar-refractivity contribution in [1.82, 2.24) is 9.97 Å². The fourth-order valence-electron chi connectivity index (χ4n) is 2.17. The first kappa shape index (κ1) is 16.8. The van der Waals surface area contributed by atoms with Crippen LogP contribution in [0.3, 0.4) is 0 Å². The van der Waals surface area contributed by atoms with Crippen LogP contribution in [0, 0.1) is 0 Å². The summed E-state index contributed by atoms with van der Waals surface area (Å²) in [4.78, 5) is 31.9. The number of methoxy groups -OCH3 is 2. The van der Waals surface area contributed by atoms with Crippen molar-refractivity contribution in [3.05, 3.63) is 48.0 Å². The van der Waals surface area contributed by atoms with Crippen LogP contribution in [0.25, 0.3) is 11.0 Å². The standard InChI is InChI=1S/C17H15N3O4S/c1-23-15(21)10-3-5-11(6-4-10)25-12-7-8-13-14(9-12)19-16(18-13)20-17(22)24-2/h3-9H,1-2H3,(H2,18,19,20,22). The van der Waals surface area contributed by atoms with Crippen molar-refractivity contribution in [2.24, 2.45) is 0 Å². The normalized spacial score (nSPS) is 10.5. The van der Waals surface area contributed by atoms with E-state index in [1.54, 1.807) is 23.9 Å². The molecule has 0 aliphatic carbocycles. The summed E-state index contributed by atoms with van der Waals surface area (Å²) in [6.45, 7) is 0. The molecule has 0 fully saturated rings. The predicted molar refractivity (Wildman–Crippen MR) is 94.0 cm³/mol. The van der Waals surface area contributed by atoms with Gasteiger partial charge >= 0.3 is 12.1 Å². The lowest BCUT2D eigenvalue weighted by atomic mass is 10.2. The number of carbonyl (C=O) groups excluding carboxylic acids is 2. The molecule has 0 radical (unpaired) electrons. The highest BCUT2D eigenvalue weighted by Gasteiger charge is 2.09. The Kier molecular flexibility index (Phi) is 4.90. The van der Waals surface area contributed by atoms with Crippen molar-refractivity contribution in [2.75, 3.05) is 19.5 Å². The first-order valence-corrected chi connectivity index (χ1v) is 8.11. The minimum absolute atomic E-state index is 0.325. The molecule has 0 saturated carbocycles. The molecular formula is C17H15N3O4S. The Morgan fingerprint density at radius 2 is 1.76 bits per heavy atom. The number of aromatic amines is 1. The number of H-pyrrole nitrogens is 1.